The van der Waals surface area contributed by atoms with Crippen LogP contribution in [0.25, 0.3) is 20.3 Å². The number of likely N-dealkylation sites (tertiary alicyclic amines) is 1. The van der Waals surface area contributed by atoms with E-state index in [9.17, 15) is 29.1 Å². The smallest absolute Gasteiger partial charge is 0.268 e. The van der Waals surface area contributed by atoms with Gasteiger partial charge in [-0.2, -0.15) is 0 Å². The molecule has 4 rings (SSSR count). The van der Waals surface area contributed by atoms with Crippen molar-refractivity contribution in [3.63, 3.8) is 0 Å². The molecule has 0 spiro atoms. The van der Waals surface area contributed by atoms with Crippen molar-refractivity contribution < 1.29 is 24.3 Å². The van der Waals surface area contributed by atoms with Gasteiger partial charge in [0.25, 0.3) is 5.56 Å². The maximum absolute atomic E-state index is 13.2. The number of aliphatic imine (C=N–C) groups is 2. The van der Waals surface area contributed by atoms with Gasteiger partial charge in [-0.15, -0.1) is 11.3 Å². The van der Waals surface area contributed by atoms with Crippen LogP contribution < -0.4 is 50.2 Å². The molecule has 1 aliphatic heterocycles. The number of primary amides is 1. The molecule has 19 nitrogen and oxygen atoms in total. The largest absolute Gasteiger partial charge is 0.392 e. The van der Waals surface area contributed by atoms with Crippen LogP contribution in [0.5, 0.6) is 0 Å². The average Bonchev–Trinajstić information content (AvgIpc) is 3.67. The minimum Gasteiger partial charge on any atom is -0.392 e. The van der Waals surface area contributed by atoms with Gasteiger partial charge in [0.1, 0.15) is 22.6 Å². The van der Waals surface area contributed by atoms with E-state index in [-0.39, 0.29) is 81.2 Å². The first-order valence-corrected chi connectivity index (χ1v) is 19.6. The number of aliphatic hydroxyl groups is 1. The summed E-state index contributed by atoms with van der Waals surface area (Å²) in [5.74, 6) is -1.71. The van der Waals surface area contributed by atoms with Crippen LogP contribution >= 0.6 is 27.3 Å². The number of unbranched alkanes of at least 4 members (excludes halogenated alkanes) is 2. The highest BCUT2D eigenvalue weighted by molar-refractivity contribution is 9.10. The number of fused-ring (bicyclic) bond motifs is 3. The summed E-state index contributed by atoms with van der Waals surface area (Å²) in [6, 6.07) is 3.19. The van der Waals surface area contributed by atoms with E-state index >= 15 is 0 Å². The van der Waals surface area contributed by atoms with Crippen molar-refractivity contribution in [1.82, 2.24) is 30.8 Å². The number of rotatable bonds is 21. The fraction of sp³-hybridized carbons (Fsp3) is 0.529. The van der Waals surface area contributed by atoms with E-state index < -0.39 is 36.0 Å². The molecule has 3 aromatic rings. The lowest BCUT2D eigenvalue weighted by Crippen LogP contribution is -2.53. The molecule has 1 saturated heterocycles. The van der Waals surface area contributed by atoms with E-state index in [1.54, 1.807) is 4.90 Å². The molecule has 0 bridgehead atoms. The number of nitrogens with two attached hydrogens (primary N) is 5. The van der Waals surface area contributed by atoms with Crippen molar-refractivity contribution in [2.24, 2.45) is 38.7 Å². The van der Waals surface area contributed by atoms with Gasteiger partial charge in [0.15, 0.2) is 11.9 Å². The molecule has 1 aromatic carbocycles. The van der Waals surface area contributed by atoms with Crippen LogP contribution in [0, 0.1) is 0 Å². The minimum atomic E-state index is -0.992. The van der Waals surface area contributed by atoms with Gasteiger partial charge in [-0.1, -0.05) is 22.4 Å². The number of amides is 4. The van der Waals surface area contributed by atoms with Crippen molar-refractivity contribution in [2.45, 2.75) is 88.6 Å². The van der Waals surface area contributed by atoms with Crippen molar-refractivity contribution in [3.8, 4) is 0 Å². The Bertz CT molecular complexity index is 1940. The van der Waals surface area contributed by atoms with Gasteiger partial charge in [0.2, 0.25) is 23.6 Å². The molecule has 4 amide bonds. The lowest BCUT2D eigenvalue weighted by atomic mass is 10.1. The topological polar surface area (TPSA) is 328 Å². The Kier molecular flexibility index (Phi) is 16.2. The van der Waals surface area contributed by atoms with E-state index in [0.717, 1.165) is 14.6 Å². The van der Waals surface area contributed by atoms with Crippen LogP contribution in [-0.4, -0.2) is 106 Å². The number of halogens is 1. The molecule has 0 aliphatic carbocycles. The number of carbonyl (C=O) groups is 4. The van der Waals surface area contributed by atoms with Gasteiger partial charge < -0.3 is 54.7 Å². The zero-order valence-electron chi connectivity index (χ0n) is 30.4. The molecule has 1 aliphatic rings. The number of guanidine groups is 2. The zero-order valence-corrected chi connectivity index (χ0v) is 32.8. The van der Waals surface area contributed by atoms with Gasteiger partial charge in [-0.25, -0.2) is 4.98 Å². The Morgan fingerprint density at radius 3 is 2.35 bits per heavy atom. The van der Waals surface area contributed by atoms with Crippen LogP contribution in [0.4, 0.5) is 0 Å². The molecular formula is C34H50BrN13O6S. The Morgan fingerprint density at radius 1 is 0.982 bits per heavy atom. The maximum Gasteiger partial charge on any atom is 0.268 e. The summed E-state index contributed by atoms with van der Waals surface area (Å²) in [6.45, 7) is 1.26. The van der Waals surface area contributed by atoms with Crippen LogP contribution in [0.15, 0.2) is 37.5 Å². The molecule has 4 atom stereocenters. The molecule has 0 saturated carbocycles. The summed E-state index contributed by atoms with van der Waals surface area (Å²) in [7, 11) is 0. The Balaban J connectivity index is 1.24. The Labute approximate surface area is 329 Å². The van der Waals surface area contributed by atoms with Crippen LogP contribution in [-0.2, 0) is 25.7 Å². The minimum absolute atomic E-state index is 0.0926. The number of thiophene rings is 1. The molecule has 15 N–H and O–H groups in total. The SMILES string of the molecule is NC(=O)[C@@H](CCCN=C(N)N)NC(=O)[C@@H](CCCN=C(N)N)NC(=O)CCCCCNC(=O)[C@H]1C[C@H](O)CN1Cc1nc2c(sc3ccc(Br)cc32)c(=O)[nH]1. The van der Waals surface area contributed by atoms with Gasteiger partial charge in [-0.3, -0.25) is 38.9 Å². The quantitative estimate of drug-likeness (QED) is 0.0353. The number of hydrogen-bond acceptors (Lipinski definition) is 11. The molecule has 3 heterocycles. The zero-order chi connectivity index (χ0) is 40.1. The average molecular weight is 849 g/mol. The van der Waals surface area contributed by atoms with Crippen LogP contribution in [0.2, 0.25) is 0 Å². The second kappa shape index (κ2) is 20.7. The molecule has 300 valence electrons. The molecule has 2 aromatic heterocycles. The highest BCUT2D eigenvalue weighted by atomic mass is 79.9. The number of hydrogen-bond donors (Lipinski definition) is 10. The fourth-order valence-corrected chi connectivity index (χ4v) is 7.66. The Morgan fingerprint density at radius 2 is 1.67 bits per heavy atom. The van der Waals surface area contributed by atoms with Crippen molar-refractivity contribution >= 4 is 83.1 Å². The first kappa shape index (κ1) is 42.9. The second-order valence-corrected chi connectivity index (χ2v) is 15.3. The number of benzene rings is 1. The third kappa shape index (κ3) is 13.1. The first-order valence-electron chi connectivity index (χ1n) is 18.0. The molecule has 55 heavy (non-hydrogen) atoms. The van der Waals surface area contributed by atoms with Crippen molar-refractivity contribution in [1.29, 1.82) is 0 Å². The van der Waals surface area contributed by atoms with Gasteiger partial charge in [-0.05, 0) is 63.1 Å². The van der Waals surface area contributed by atoms with Crippen LogP contribution in [0.3, 0.4) is 0 Å². The molecule has 1 fully saturated rings. The summed E-state index contributed by atoms with van der Waals surface area (Å²) in [4.78, 5) is 81.3. The van der Waals surface area contributed by atoms with Gasteiger partial charge in [0.05, 0.1) is 24.2 Å². The van der Waals surface area contributed by atoms with E-state index in [4.69, 9.17) is 33.7 Å². The van der Waals surface area contributed by atoms with Crippen molar-refractivity contribution in [3.05, 3.63) is 38.9 Å². The number of nitrogens with zero attached hydrogens (tertiary/aromatic N) is 4. The molecule has 0 radical (unpaired) electrons. The predicted molar refractivity (Wildman–Crippen MR) is 215 cm³/mol. The van der Waals surface area contributed by atoms with E-state index in [2.05, 4.69) is 46.8 Å². The third-order valence-electron chi connectivity index (χ3n) is 8.95. The number of nitrogens with one attached hydrogen (secondary N) is 4. The molecule has 0 unspecified atom stereocenters. The summed E-state index contributed by atoms with van der Waals surface area (Å²) >= 11 is 4.85. The normalized spacial score (nSPS) is 16.7. The highest BCUT2D eigenvalue weighted by Gasteiger charge is 2.36. The number of aliphatic hydroxyl groups excluding tert-OH is 1. The van der Waals surface area contributed by atoms with E-state index in [1.165, 1.54) is 11.3 Å². The monoisotopic (exact) mass is 847 g/mol. The van der Waals surface area contributed by atoms with Crippen LogP contribution in [0.1, 0.15) is 63.6 Å². The maximum atomic E-state index is 13.2. The summed E-state index contributed by atoms with van der Waals surface area (Å²) in [5, 5.41) is 19.6. The molecular weight excluding hydrogens is 798 g/mol. The third-order valence-corrected chi connectivity index (χ3v) is 10.6. The van der Waals surface area contributed by atoms with Gasteiger partial charge in [0, 0.05) is 47.2 Å². The standard InChI is InChI=1S/C34H50BrN13O6S/c35-18-9-10-24-20(14-18)27-28(55-24)32(54)47-25(46-27)17-48-16-19(49)15-23(48)31(53)41-11-3-1-2-8-26(50)44-22(7-5-13-43-34(39)40)30(52)45-21(29(36)51)6-4-12-42-33(37)38/h9-10,14,19,21-23,49H,1-8,11-13,15-17H2,(H2,36,51)(H,41,53)(H,44,50)(H,45,52)(H4,37,38,42)(H4,39,40,43)(H,46,47,54)/t19-,21+,22+,23+/m0/s1. The number of aromatic nitrogens is 2. The fourth-order valence-electron chi connectivity index (χ4n) is 6.28. The van der Waals surface area contributed by atoms with Gasteiger partial charge >= 0.3 is 0 Å². The summed E-state index contributed by atoms with van der Waals surface area (Å²) in [5.41, 5.74) is 27.3. The number of H-pyrrole nitrogens is 1. The molecule has 21 heteroatoms. The Hall–Kier alpha value is -4.86. The van der Waals surface area contributed by atoms with E-state index in [1.807, 2.05) is 18.2 Å². The summed E-state index contributed by atoms with van der Waals surface area (Å²) in [6.07, 6.45) is 2.51. The van der Waals surface area contributed by atoms with Crippen molar-refractivity contribution in [2.75, 3.05) is 26.2 Å². The highest BCUT2D eigenvalue weighted by Crippen LogP contribution is 2.32. The number of carbonyl (C=O) groups excluding carboxylic acids is 4. The van der Waals surface area contributed by atoms with E-state index in [0.29, 0.717) is 54.7 Å². The number of β-amino-alcohol motifs (C(OH)–C–C–N with tert-alkyl or cyclic N) is 1. The lowest BCUT2D eigenvalue weighted by Gasteiger charge is -2.23. The predicted octanol–water partition coefficient (Wildman–Crippen LogP) is -0.926. The number of aromatic amines is 1. The lowest BCUT2D eigenvalue weighted by molar-refractivity contribution is -0.131. The second-order valence-electron chi connectivity index (χ2n) is 13.4. The first-order chi connectivity index (χ1) is 26.2. The summed E-state index contributed by atoms with van der Waals surface area (Å²) < 4.78 is 2.34.